The lowest BCUT2D eigenvalue weighted by Gasteiger charge is -2.34. The van der Waals surface area contributed by atoms with Gasteiger partial charge in [0.2, 0.25) is 5.91 Å². The van der Waals surface area contributed by atoms with Crippen molar-refractivity contribution in [2.75, 3.05) is 19.7 Å². The number of carbonyl (C=O) groups is 1. The maximum absolute atomic E-state index is 13.6. The van der Waals surface area contributed by atoms with E-state index in [0.717, 1.165) is 18.5 Å². The average Bonchev–Trinajstić information content (AvgIpc) is 2.45. The third-order valence-corrected chi connectivity index (χ3v) is 3.48. The van der Waals surface area contributed by atoms with Crippen LogP contribution in [0.4, 0.5) is 4.39 Å². The zero-order valence-electron chi connectivity index (χ0n) is 12.0. The van der Waals surface area contributed by atoms with Gasteiger partial charge in [0.1, 0.15) is 12.4 Å². The molecule has 1 atom stereocenters. The van der Waals surface area contributed by atoms with Crippen molar-refractivity contribution in [2.24, 2.45) is 0 Å². The number of halogens is 1. The molecule has 0 spiro atoms. The smallest absolute Gasteiger partial charge is 0.237 e. The summed E-state index contributed by atoms with van der Waals surface area (Å²) < 4.78 is 13.6. The highest BCUT2D eigenvalue weighted by atomic mass is 19.1. The largest absolute Gasteiger partial charge is 0.384 e. The molecule has 21 heavy (non-hydrogen) atoms. The summed E-state index contributed by atoms with van der Waals surface area (Å²) in [6.07, 6.45) is 0.721. The van der Waals surface area contributed by atoms with Crippen LogP contribution in [0.2, 0.25) is 0 Å². The minimum Gasteiger partial charge on any atom is -0.384 e. The van der Waals surface area contributed by atoms with Crippen molar-refractivity contribution in [3.63, 3.8) is 0 Å². The number of hydrogen-bond acceptors (Lipinski definition) is 3. The van der Waals surface area contributed by atoms with Crippen LogP contribution in [0.5, 0.6) is 0 Å². The molecule has 1 aliphatic rings. The third-order valence-electron chi connectivity index (χ3n) is 3.48. The number of rotatable bonds is 3. The molecule has 1 aromatic rings. The first kappa shape index (κ1) is 15.5. The quantitative estimate of drug-likeness (QED) is 0.813. The summed E-state index contributed by atoms with van der Waals surface area (Å²) in [6.45, 7) is 3.58. The molecular weight excluding hydrogens is 271 g/mol. The zero-order chi connectivity index (χ0) is 15.2. The molecule has 4 nitrogen and oxygen atoms in total. The molecule has 2 rings (SSSR count). The molecule has 0 saturated carbocycles. The van der Waals surface area contributed by atoms with Crippen molar-refractivity contribution in [1.29, 1.82) is 0 Å². The summed E-state index contributed by atoms with van der Waals surface area (Å²) in [5, 5.41) is 11.5. The number of carbonyl (C=O) groups excluding carboxylic acids is 1. The first-order valence-corrected chi connectivity index (χ1v) is 7.05. The summed E-state index contributed by atoms with van der Waals surface area (Å²) in [4.78, 5) is 13.9. The highest BCUT2D eigenvalue weighted by Gasteiger charge is 2.27. The number of piperazine rings is 1. The molecule has 1 heterocycles. The maximum atomic E-state index is 13.6. The molecule has 0 aromatic heterocycles. The molecule has 0 bridgehead atoms. The van der Waals surface area contributed by atoms with Gasteiger partial charge in [-0.25, -0.2) is 4.39 Å². The Hall–Kier alpha value is -1.90. The number of nitrogens with one attached hydrogen (secondary N) is 1. The summed E-state index contributed by atoms with van der Waals surface area (Å²) in [5.74, 6) is 4.89. The van der Waals surface area contributed by atoms with Crippen molar-refractivity contribution < 1.29 is 14.3 Å². The topological polar surface area (TPSA) is 52.6 Å². The number of aliphatic hydroxyl groups excluding tert-OH is 1. The lowest BCUT2D eigenvalue weighted by atomic mass is 10.1. The molecule has 1 saturated heterocycles. The van der Waals surface area contributed by atoms with E-state index in [4.69, 9.17) is 5.11 Å². The lowest BCUT2D eigenvalue weighted by Crippen LogP contribution is -2.54. The fourth-order valence-corrected chi connectivity index (χ4v) is 2.58. The van der Waals surface area contributed by atoms with E-state index in [-0.39, 0.29) is 24.4 Å². The van der Waals surface area contributed by atoms with Crippen LogP contribution in [-0.2, 0) is 11.3 Å². The van der Waals surface area contributed by atoms with Gasteiger partial charge >= 0.3 is 0 Å². The van der Waals surface area contributed by atoms with E-state index in [1.807, 2.05) is 6.92 Å². The second-order valence-corrected chi connectivity index (χ2v) is 4.99. The van der Waals surface area contributed by atoms with Gasteiger partial charge in [-0.1, -0.05) is 18.8 Å². The molecule has 1 unspecified atom stereocenters. The van der Waals surface area contributed by atoms with Gasteiger partial charge in [-0.3, -0.25) is 9.69 Å². The summed E-state index contributed by atoms with van der Waals surface area (Å²) >= 11 is 0. The van der Waals surface area contributed by atoms with Gasteiger partial charge in [-0.15, -0.1) is 0 Å². The van der Waals surface area contributed by atoms with E-state index in [0.29, 0.717) is 18.7 Å². The van der Waals surface area contributed by atoms with Crippen LogP contribution in [0.15, 0.2) is 18.2 Å². The van der Waals surface area contributed by atoms with Crippen molar-refractivity contribution in [3.05, 3.63) is 35.1 Å². The van der Waals surface area contributed by atoms with Gasteiger partial charge in [-0.2, -0.15) is 0 Å². The van der Waals surface area contributed by atoms with E-state index in [1.165, 1.54) is 12.1 Å². The molecule has 5 heteroatoms. The Morgan fingerprint density at radius 3 is 3.00 bits per heavy atom. The Morgan fingerprint density at radius 1 is 1.48 bits per heavy atom. The second kappa shape index (κ2) is 7.21. The Balaban J connectivity index is 2.18. The number of amides is 1. The SMILES string of the molecule is CCC1C(=O)NCCN1Cc1cc(F)cc(C#CCO)c1. The minimum absolute atomic E-state index is 0.0282. The highest BCUT2D eigenvalue weighted by Crippen LogP contribution is 2.16. The molecule has 2 N–H and O–H groups in total. The fraction of sp³-hybridized carbons (Fsp3) is 0.438. The molecule has 1 aliphatic heterocycles. The van der Waals surface area contributed by atoms with Gasteiger partial charge in [0.15, 0.2) is 0 Å². The minimum atomic E-state index is -0.357. The van der Waals surface area contributed by atoms with Gasteiger partial charge < -0.3 is 10.4 Å². The Bertz CT molecular complexity index is 577. The molecule has 1 aromatic carbocycles. The molecule has 0 radical (unpaired) electrons. The van der Waals surface area contributed by atoms with Gasteiger partial charge in [-0.05, 0) is 30.2 Å². The molecule has 112 valence electrons. The average molecular weight is 290 g/mol. The van der Waals surface area contributed by atoms with E-state index in [9.17, 15) is 9.18 Å². The molecule has 1 fully saturated rings. The van der Waals surface area contributed by atoms with E-state index < -0.39 is 0 Å². The normalized spacial score (nSPS) is 18.8. The third kappa shape index (κ3) is 4.03. The Kier molecular flexibility index (Phi) is 5.32. The monoisotopic (exact) mass is 290 g/mol. The van der Waals surface area contributed by atoms with Crippen LogP contribution in [0.3, 0.4) is 0 Å². The van der Waals surface area contributed by atoms with Crippen molar-refractivity contribution >= 4 is 5.91 Å². The lowest BCUT2D eigenvalue weighted by molar-refractivity contribution is -0.129. The first-order chi connectivity index (χ1) is 10.1. The van der Waals surface area contributed by atoms with Crippen LogP contribution < -0.4 is 5.32 Å². The fourth-order valence-electron chi connectivity index (χ4n) is 2.58. The van der Waals surface area contributed by atoms with Crippen LogP contribution in [0.1, 0.15) is 24.5 Å². The second-order valence-electron chi connectivity index (χ2n) is 4.99. The number of hydrogen-bond donors (Lipinski definition) is 2. The molecule has 1 amide bonds. The van der Waals surface area contributed by atoms with Crippen LogP contribution in [-0.4, -0.2) is 41.7 Å². The van der Waals surface area contributed by atoms with Crippen molar-refractivity contribution in [2.45, 2.75) is 25.9 Å². The number of benzene rings is 1. The Labute approximate surface area is 124 Å². The molecular formula is C16H19FN2O2. The van der Waals surface area contributed by atoms with Gasteiger partial charge in [0, 0.05) is 25.2 Å². The van der Waals surface area contributed by atoms with Crippen molar-refractivity contribution in [1.82, 2.24) is 10.2 Å². The summed E-state index contributed by atoms with van der Waals surface area (Å²) in [5.41, 5.74) is 1.32. The highest BCUT2D eigenvalue weighted by molar-refractivity contribution is 5.82. The maximum Gasteiger partial charge on any atom is 0.237 e. The first-order valence-electron chi connectivity index (χ1n) is 7.05. The van der Waals surface area contributed by atoms with Crippen LogP contribution in [0.25, 0.3) is 0 Å². The summed E-state index contributed by atoms with van der Waals surface area (Å²) in [6, 6.07) is 4.43. The van der Waals surface area contributed by atoms with E-state index in [2.05, 4.69) is 22.1 Å². The van der Waals surface area contributed by atoms with E-state index >= 15 is 0 Å². The zero-order valence-corrected chi connectivity index (χ0v) is 12.0. The Morgan fingerprint density at radius 2 is 2.29 bits per heavy atom. The van der Waals surface area contributed by atoms with Crippen LogP contribution in [0, 0.1) is 17.7 Å². The predicted molar refractivity (Wildman–Crippen MR) is 77.9 cm³/mol. The molecule has 0 aliphatic carbocycles. The van der Waals surface area contributed by atoms with Gasteiger partial charge in [0.05, 0.1) is 6.04 Å². The van der Waals surface area contributed by atoms with Gasteiger partial charge in [0.25, 0.3) is 0 Å². The predicted octanol–water partition coefficient (Wildman–Crippen LogP) is 0.880. The van der Waals surface area contributed by atoms with Crippen molar-refractivity contribution in [3.8, 4) is 11.8 Å². The number of nitrogens with zero attached hydrogens (tertiary/aromatic N) is 1. The standard InChI is InChI=1S/C16H19FN2O2/c1-2-15-16(21)18-5-6-19(15)11-13-8-12(4-3-7-20)9-14(17)10-13/h8-10,15,20H,2,5-7,11H2,1H3,(H,18,21). The summed E-state index contributed by atoms with van der Waals surface area (Å²) in [7, 11) is 0. The van der Waals surface area contributed by atoms with Crippen LogP contribution >= 0.6 is 0 Å². The number of aliphatic hydroxyl groups is 1. The van der Waals surface area contributed by atoms with E-state index in [1.54, 1.807) is 6.07 Å².